The molecule has 1 fully saturated rings. The van der Waals surface area contributed by atoms with E-state index < -0.39 is 0 Å². The number of hydrogen-bond acceptors (Lipinski definition) is 4. The van der Waals surface area contributed by atoms with Crippen LogP contribution in [0.25, 0.3) is 16.5 Å². The molecular formula is C26H28ClN5O2. The van der Waals surface area contributed by atoms with Crippen molar-refractivity contribution in [3.63, 3.8) is 0 Å². The van der Waals surface area contributed by atoms with Crippen molar-refractivity contribution in [1.29, 1.82) is 0 Å². The molecule has 0 radical (unpaired) electrons. The average Bonchev–Trinajstić information content (AvgIpc) is 3.12. The molecule has 4 aromatic rings. The quantitative estimate of drug-likeness (QED) is 0.477. The number of hydrogen-bond donors (Lipinski definition) is 1. The molecule has 34 heavy (non-hydrogen) atoms. The van der Waals surface area contributed by atoms with Gasteiger partial charge in [-0.1, -0.05) is 41.9 Å². The standard InChI is InChI=1S/C26H28ClN5O2/c1-18-23-24(19(2)32(18)20-8-4-3-5-9-20)26(34)31(28-25(23)33)17-14-29-12-15-30(16-13-29)22-11-7-6-10-21(22)27/h3-11H,12-17H2,1-2H3,(H,28,33). The van der Waals surface area contributed by atoms with E-state index >= 15 is 0 Å². The minimum Gasteiger partial charge on any atom is -0.368 e. The van der Waals surface area contributed by atoms with E-state index in [0.29, 0.717) is 23.9 Å². The van der Waals surface area contributed by atoms with Gasteiger partial charge in [-0.25, -0.2) is 4.68 Å². The molecule has 0 amide bonds. The van der Waals surface area contributed by atoms with Gasteiger partial charge in [0.25, 0.3) is 11.1 Å². The second kappa shape index (κ2) is 9.16. The lowest BCUT2D eigenvalue weighted by molar-refractivity contribution is 0.242. The van der Waals surface area contributed by atoms with Crippen LogP contribution < -0.4 is 16.0 Å². The molecule has 5 rings (SSSR count). The van der Waals surface area contributed by atoms with E-state index in [1.165, 1.54) is 4.68 Å². The predicted octanol–water partition coefficient (Wildman–Crippen LogP) is 3.57. The summed E-state index contributed by atoms with van der Waals surface area (Å²) in [6.07, 6.45) is 0. The lowest BCUT2D eigenvalue weighted by Gasteiger charge is -2.36. The number of benzene rings is 2. The maximum atomic E-state index is 13.4. The number of rotatable bonds is 5. The summed E-state index contributed by atoms with van der Waals surface area (Å²) in [5.41, 5.74) is 3.18. The number of aromatic nitrogens is 3. The number of H-pyrrole nitrogens is 1. The Labute approximate surface area is 202 Å². The second-order valence-electron chi connectivity index (χ2n) is 8.77. The van der Waals surface area contributed by atoms with Gasteiger partial charge in [0.05, 0.1) is 28.0 Å². The molecular weight excluding hydrogens is 450 g/mol. The monoisotopic (exact) mass is 477 g/mol. The van der Waals surface area contributed by atoms with Gasteiger partial charge in [-0.05, 0) is 38.1 Å². The van der Waals surface area contributed by atoms with Gasteiger partial charge < -0.3 is 9.47 Å². The summed E-state index contributed by atoms with van der Waals surface area (Å²) in [7, 11) is 0. The highest BCUT2D eigenvalue weighted by atomic mass is 35.5. The Kier molecular flexibility index (Phi) is 6.06. The summed E-state index contributed by atoms with van der Waals surface area (Å²) in [5.74, 6) is 0. The van der Waals surface area contributed by atoms with E-state index in [4.69, 9.17) is 11.6 Å². The molecule has 1 aliphatic rings. The number of nitrogens with one attached hydrogen (secondary N) is 1. The molecule has 1 N–H and O–H groups in total. The van der Waals surface area contributed by atoms with Crippen LogP contribution in [-0.4, -0.2) is 52.0 Å². The normalized spacial score (nSPS) is 14.7. The summed E-state index contributed by atoms with van der Waals surface area (Å²) in [5, 5.41) is 4.54. The van der Waals surface area contributed by atoms with E-state index in [2.05, 4.69) is 14.9 Å². The zero-order valence-corrected chi connectivity index (χ0v) is 20.2. The minimum absolute atomic E-state index is 0.153. The number of nitrogens with zero attached hydrogens (tertiary/aromatic N) is 4. The van der Waals surface area contributed by atoms with Crippen LogP contribution in [0.15, 0.2) is 64.2 Å². The summed E-state index contributed by atoms with van der Waals surface area (Å²) in [6, 6.07) is 17.7. The first kappa shape index (κ1) is 22.5. The van der Waals surface area contributed by atoms with E-state index in [9.17, 15) is 9.59 Å². The minimum atomic E-state index is -0.228. The van der Waals surface area contributed by atoms with Crippen molar-refractivity contribution in [2.24, 2.45) is 0 Å². The van der Waals surface area contributed by atoms with Gasteiger partial charge in [-0.3, -0.25) is 19.6 Å². The lowest BCUT2D eigenvalue weighted by Crippen LogP contribution is -2.48. The number of halogens is 1. The molecule has 3 heterocycles. The van der Waals surface area contributed by atoms with Gasteiger partial charge in [-0.15, -0.1) is 0 Å². The zero-order valence-electron chi connectivity index (χ0n) is 19.4. The number of para-hydroxylation sites is 2. The van der Waals surface area contributed by atoms with Crippen molar-refractivity contribution in [2.45, 2.75) is 20.4 Å². The molecule has 176 valence electrons. The number of anilines is 1. The maximum Gasteiger partial charge on any atom is 0.274 e. The second-order valence-corrected chi connectivity index (χ2v) is 9.18. The van der Waals surface area contributed by atoms with Crippen LogP contribution in [0.4, 0.5) is 5.69 Å². The van der Waals surface area contributed by atoms with E-state index in [1.807, 2.05) is 73.0 Å². The van der Waals surface area contributed by atoms with Crippen LogP contribution in [0.5, 0.6) is 0 Å². The first-order valence-electron chi connectivity index (χ1n) is 11.6. The topological polar surface area (TPSA) is 66.3 Å². The van der Waals surface area contributed by atoms with Crippen molar-refractivity contribution in [2.75, 3.05) is 37.6 Å². The third-order valence-corrected chi connectivity index (χ3v) is 7.11. The van der Waals surface area contributed by atoms with Crippen molar-refractivity contribution in [3.8, 4) is 5.69 Å². The van der Waals surface area contributed by atoms with E-state index in [-0.39, 0.29) is 11.1 Å². The maximum absolute atomic E-state index is 13.4. The van der Waals surface area contributed by atoms with E-state index in [0.717, 1.165) is 54.0 Å². The summed E-state index contributed by atoms with van der Waals surface area (Å²) in [6.45, 7) is 8.39. The summed E-state index contributed by atoms with van der Waals surface area (Å²) in [4.78, 5) is 31.0. The van der Waals surface area contributed by atoms with Crippen LogP contribution in [-0.2, 0) is 6.54 Å². The van der Waals surface area contributed by atoms with E-state index in [1.54, 1.807) is 0 Å². The largest absolute Gasteiger partial charge is 0.368 e. The van der Waals surface area contributed by atoms with Gasteiger partial charge >= 0.3 is 0 Å². The highest BCUT2D eigenvalue weighted by molar-refractivity contribution is 6.33. The Morgan fingerprint density at radius 3 is 2.18 bits per heavy atom. The van der Waals surface area contributed by atoms with Crippen LogP contribution in [0.1, 0.15) is 11.4 Å². The summed E-state index contributed by atoms with van der Waals surface area (Å²) >= 11 is 6.35. The fourth-order valence-electron chi connectivity index (χ4n) is 5.02. The Hall–Kier alpha value is -3.29. The SMILES string of the molecule is Cc1c2c(=O)[nH]n(CCN3CCN(c4ccccc4Cl)CC3)c(=O)c2c(C)n1-c1ccccc1. The Balaban J connectivity index is 1.36. The molecule has 0 spiro atoms. The van der Waals surface area contributed by atoms with Crippen LogP contribution in [0, 0.1) is 13.8 Å². The Bertz CT molecular complexity index is 1450. The fourth-order valence-corrected chi connectivity index (χ4v) is 5.28. The molecule has 2 aromatic carbocycles. The van der Waals surface area contributed by atoms with Crippen molar-refractivity contribution in [3.05, 3.63) is 91.7 Å². The number of piperazine rings is 1. The molecule has 0 saturated carbocycles. The first-order chi connectivity index (χ1) is 16.5. The molecule has 7 nitrogen and oxygen atoms in total. The third-order valence-electron chi connectivity index (χ3n) is 6.79. The summed E-state index contributed by atoms with van der Waals surface area (Å²) < 4.78 is 3.45. The molecule has 1 aliphatic heterocycles. The van der Waals surface area contributed by atoms with Gasteiger partial charge in [0, 0.05) is 49.8 Å². The fraction of sp³-hybridized carbons (Fsp3) is 0.308. The van der Waals surface area contributed by atoms with Crippen LogP contribution in [0.3, 0.4) is 0 Å². The smallest absolute Gasteiger partial charge is 0.274 e. The molecule has 0 aliphatic carbocycles. The van der Waals surface area contributed by atoms with Crippen molar-refractivity contribution >= 4 is 28.1 Å². The molecule has 1 saturated heterocycles. The predicted molar refractivity (Wildman–Crippen MR) is 138 cm³/mol. The Morgan fingerprint density at radius 1 is 0.824 bits per heavy atom. The van der Waals surface area contributed by atoms with Crippen molar-refractivity contribution < 1.29 is 0 Å². The number of aromatic amines is 1. The molecule has 8 heteroatoms. The third kappa shape index (κ3) is 3.95. The van der Waals surface area contributed by atoms with Gasteiger partial charge in [0.2, 0.25) is 0 Å². The van der Waals surface area contributed by atoms with Gasteiger partial charge in [0.15, 0.2) is 0 Å². The van der Waals surface area contributed by atoms with Gasteiger partial charge in [0.1, 0.15) is 0 Å². The highest BCUT2D eigenvalue weighted by Crippen LogP contribution is 2.26. The van der Waals surface area contributed by atoms with Crippen molar-refractivity contribution in [1.82, 2.24) is 19.2 Å². The number of fused-ring (bicyclic) bond motifs is 1. The van der Waals surface area contributed by atoms with Crippen LogP contribution in [0.2, 0.25) is 5.02 Å². The van der Waals surface area contributed by atoms with Crippen LogP contribution >= 0.6 is 11.6 Å². The lowest BCUT2D eigenvalue weighted by atomic mass is 10.2. The zero-order chi connectivity index (χ0) is 23.8. The molecule has 2 aromatic heterocycles. The molecule has 0 unspecified atom stereocenters. The highest BCUT2D eigenvalue weighted by Gasteiger charge is 2.21. The average molecular weight is 478 g/mol. The molecule has 0 atom stereocenters. The first-order valence-corrected chi connectivity index (χ1v) is 12.0. The number of aryl methyl sites for hydroxylation is 2. The van der Waals surface area contributed by atoms with Gasteiger partial charge in [-0.2, -0.15) is 0 Å². The Morgan fingerprint density at radius 2 is 1.47 bits per heavy atom. The molecule has 0 bridgehead atoms.